The van der Waals surface area contributed by atoms with Crippen LogP contribution in [0.15, 0.2) is 47.4 Å². The lowest BCUT2D eigenvalue weighted by atomic mass is 10.1. The Kier molecular flexibility index (Phi) is 4.13. The first kappa shape index (κ1) is 14.4. The van der Waals surface area contributed by atoms with E-state index in [2.05, 4.69) is 0 Å². The molecule has 0 unspecified atom stereocenters. The van der Waals surface area contributed by atoms with Gasteiger partial charge in [0, 0.05) is 12.1 Å². The summed E-state index contributed by atoms with van der Waals surface area (Å²) < 4.78 is 1.24. The summed E-state index contributed by atoms with van der Waals surface area (Å²) in [5.74, 6) is -0.919. The van der Waals surface area contributed by atoms with E-state index in [1.165, 1.54) is 10.8 Å². The lowest BCUT2D eigenvalue weighted by Gasteiger charge is -2.06. The minimum absolute atomic E-state index is 0.0724. The van der Waals surface area contributed by atoms with Crippen LogP contribution in [0, 0.1) is 10.1 Å². The minimum Gasteiger partial charge on any atom is -0.481 e. The van der Waals surface area contributed by atoms with Gasteiger partial charge in [-0.05, 0) is 11.1 Å². The van der Waals surface area contributed by atoms with E-state index in [1.807, 2.05) is 0 Å². The lowest BCUT2D eigenvalue weighted by molar-refractivity contribution is -0.385. The summed E-state index contributed by atoms with van der Waals surface area (Å²) in [7, 11) is 0. The number of aromatic nitrogens is 1. The first-order chi connectivity index (χ1) is 9.95. The largest absolute Gasteiger partial charge is 0.481 e. The molecule has 0 aliphatic rings. The fraction of sp³-hybridized carbons (Fsp3) is 0.143. The van der Waals surface area contributed by atoms with E-state index >= 15 is 0 Å². The Morgan fingerprint density at radius 2 is 1.76 bits per heavy atom. The van der Waals surface area contributed by atoms with Crippen molar-refractivity contribution in [1.82, 2.24) is 4.57 Å². The Hall–Kier alpha value is -2.96. The van der Waals surface area contributed by atoms with Gasteiger partial charge < -0.3 is 9.67 Å². The van der Waals surface area contributed by atoms with Crippen molar-refractivity contribution in [1.29, 1.82) is 0 Å². The van der Waals surface area contributed by atoms with Crippen LogP contribution in [0.25, 0.3) is 0 Å². The first-order valence-electron chi connectivity index (χ1n) is 6.10. The van der Waals surface area contributed by atoms with Crippen LogP contribution in [0.1, 0.15) is 11.1 Å². The van der Waals surface area contributed by atoms with Gasteiger partial charge in [0.25, 0.3) is 11.2 Å². The topological polar surface area (TPSA) is 102 Å². The van der Waals surface area contributed by atoms with Crippen molar-refractivity contribution in [2.75, 3.05) is 0 Å². The molecular formula is C14H12N2O5. The molecule has 1 heterocycles. The molecule has 2 aromatic rings. The Labute approximate surface area is 119 Å². The number of carbonyl (C=O) groups is 1. The molecule has 0 saturated carbocycles. The van der Waals surface area contributed by atoms with Crippen LogP contribution in [-0.4, -0.2) is 20.6 Å². The summed E-state index contributed by atoms with van der Waals surface area (Å²) in [6.07, 6.45) is 1.12. The molecule has 0 aliphatic heterocycles. The first-order valence-corrected chi connectivity index (χ1v) is 6.10. The van der Waals surface area contributed by atoms with Gasteiger partial charge in [0.05, 0.1) is 24.1 Å². The second kappa shape index (κ2) is 6.00. The summed E-state index contributed by atoms with van der Waals surface area (Å²) in [6, 6.07) is 9.02. The van der Waals surface area contributed by atoms with Crippen molar-refractivity contribution in [3.63, 3.8) is 0 Å². The molecule has 7 nitrogen and oxygen atoms in total. The molecule has 7 heteroatoms. The number of rotatable bonds is 5. The van der Waals surface area contributed by atoms with E-state index in [4.69, 9.17) is 5.11 Å². The standard InChI is InChI=1S/C14H12N2O5/c17-13-6-5-12(16(20)21)9-15(13)8-11-3-1-10(2-4-11)7-14(18)19/h1-6,9H,7-8H2,(H,18,19). The number of aliphatic carboxylic acids is 1. The van der Waals surface area contributed by atoms with Crippen molar-refractivity contribution in [2.45, 2.75) is 13.0 Å². The zero-order valence-electron chi connectivity index (χ0n) is 10.9. The minimum atomic E-state index is -0.919. The fourth-order valence-electron chi connectivity index (χ4n) is 1.88. The Bertz CT molecular complexity index is 734. The van der Waals surface area contributed by atoms with E-state index in [0.717, 1.165) is 17.7 Å². The Morgan fingerprint density at radius 3 is 2.33 bits per heavy atom. The number of carboxylic acids is 1. The summed E-state index contributed by atoms with van der Waals surface area (Å²) in [4.78, 5) is 32.4. The zero-order chi connectivity index (χ0) is 15.4. The molecule has 2 rings (SSSR count). The molecule has 0 aliphatic carbocycles. The highest BCUT2D eigenvalue weighted by molar-refractivity contribution is 5.70. The van der Waals surface area contributed by atoms with E-state index in [9.17, 15) is 19.7 Å². The molecule has 0 spiro atoms. The van der Waals surface area contributed by atoms with Crippen molar-refractivity contribution < 1.29 is 14.8 Å². The van der Waals surface area contributed by atoms with Crippen molar-refractivity contribution in [2.24, 2.45) is 0 Å². The quantitative estimate of drug-likeness (QED) is 0.662. The third-order valence-corrected chi connectivity index (χ3v) is 2.91. The van der Waals surface area contributed by atoms with Crippen LogP contribution < -0.4 is 5.56 Å². The second-order valence-corrected chi connectivity index (χ2v) is 4.50. The van der Waals surface area contributed by atoms with Crippen LogP contribution in [0.3, 0.4) is 0 Å². The number of hydrogen-bond donors (Lipinski definition) is 1. The van der Waals surface area contributed by atoms with E-state index < -0.39 is 10.9 Å². The van der Waals surface area contributed by atoms with Gasteiger partial charge in [-0.3, -0.25) is 19.7 Å². The van der Waals surface area contributed by atoms with Crippen molar-refractivity contribution >= 4 is 11.7 Å². The molecule has 0 fully saturated rings. The molecule has 1 aromatic carbocycles. The molecule has 0 bridgehead atoms. The fourth-order valence-corrected chi connectivity index (χ4v) is 1.88. The van der Waals surface area contributed by atoms with Gasteiger partial charge in [0.15, 0.2) is 0 Å². The van der Waals surface area contributed by atoms with E-state index in [0.29, 0.717) is 5.56 Å². The predicted octanol–water partition coefficient (Wildman–Crippen LogP) is 1.43. The average Bonchev–Trinajstić information content (AvgIpc) is 2.42. The molecule has 0 saturated heterocycles. The van der Waals surface area contributed by atoms with Gasteiger partial charge >= 0.3 is 5.97 Å². The Balaban J connectivity index is 2.22. The monoisotopic (exact) mass is 288 g/mol. The molecule has 108 valence electrons. The van der Waals surface area contributed by atoms with Crippen LogP contribution in [0.2, 0.25) is 0 Å². The molecule has 0 atom stereocenters. The number of benzene rings is 1. The third-order valence-electron chi connectivity index (χ3n) is 2.91. The highest BCUT2D eigenvalue weighted by Crippen LogP contribution is 2.10. The van der Waals surface area contributed by atoms with Crippen LogP contribution >= 0.6 is 0 Å². The highest BCUT2D eigenvalue weighted by Gasteiger charge is 2.08. The van der Waals surface area contributed by atoms with E-state index in [-0.39, 0.29) is 24.2 Å². The third kappa shape index (κ3) is 3.75. The molecule has 21 heavy (non-hydrogen) atoms. The molecule has 0 amide bonds. The van der Waals surface area contributed by atoms with Crippen LogP contribution in [0.4, 0.5) is 5.69 Å². The summed E-state index contributed by atoms with van der Waals surface area (Å²) in [5.41, 5.74) is 0.914. The molecule has 1 aromatic heterocycles. The summed E-state index contributed by atoms with van der Waals surface area (Å²) in [6.45, 7) is 0.188. The maximum atomic E-state index is 11.7. The maximum absolute atomic E-state index is 11.7. The predicted molar refractivity (Wildman–Crippen MR) is 74.2 cm³/mol. The van der Waals surface area contributed by atoms with Gasteiger partial charge in [-0.2, -0.15) is 0 Å². The number of hydrogen-bond acceptors (Lipinski definition) is 4. The van der Waals surface area contributed by atoms with Crippen LogP contribution in [-0.2, 0) is 17.8 Å². The van der Waals surface area contributed by atoms with Gasteiger partial charge in [0.1, 0.15) is 0 Å². The van der Waals surface area contributed by atoms with E-state index in [1.54, 1.807) is 24.3 Å². The van der Waals surface area contributed by atoms with Gasteiger partial charge in [-0.1, -0.05) is 24.3 Å². The summed E-state index contributed by atoms with van der Waals surface area (Å²) in [5, 5.41) is 19.4. The molecule has 1 N–H and O–H groups in total. The lowest BCUT2D eigenvalue weighted by Crippen LogP contribution is -2.19. The van der Waals surface area contributed by atoms with Gasteiger partial charge in [0.2, 0.25) is 0 Å². The van der Waals surface area contributed by atoms with Crippen molar-refractivity contribution in [3.8, 4) is 0 Å². The molecular weight excluding hydrogens is 276 g/mol. The SMILES string of the molecule is O=C(O)Cc1ccc(Cn2cc([N+](=O)[O-])ccc2=O)cc1. The number of nitrogens with zero attached hydrogens (tertiary/aromatic N) is 2. The van der Waals surface area contributed by atoms with Crippen LogP contribution in [0.5, 0.6) is 0 Å². The highest BCUT2D eigenvalue weighted by atomic mass is 16.6. The zero-order valence-corrected chi connectivity index (χ0v) is 10.9. The number of carboxylic acid groups (broad SMARTS) is 1. The smallest absolute Gasteiger partial charge is 0.307 e. The van der Waals surface area contributed by atoms with Gasteiger partial charge in [-0.25, -0.2) is 0 Å². The van der Waals surface area contributed by atoms with Gasteiger partial charge in [-0.15, -0.1) is 0 Å². The van der Waals surface area contributed by atoms with Crippen molar-refractivity contribution in [3.05, 3.63) is 74.2 Å². The normalized spacial score (nSPS) is 10.3. The second-order valence-electron chi connectivity index (χ2n) is 4.50. The summed E-state index contributed by atoms with van der Waals surface area (Å²) >= 11 is 0. The maximum Gasteiger partial charge on any atom is 0.307 e. The Morgan fingerprint density at radius 1 is 1.14 bits per heavy atom. The molecule has 0 radical (unpaired) electrons. The number of pyridine rings is 1. The average molecular weight is 288 g/mol. The number of nitro groups is 1.